The molecule has 0 aromatic heterocycles. The van der Waals surface area contributed by atoms with E-state index in [1.165, 1.54) is 0 Å². The second-order valence-corrected chi connectivity index (χ2v) is 1.88. The largest absolute Gasteiger partial charge is 0.481 e. The Morgan fingerprint density at radius 3 is 2.50 bits per heavy atom. The van der Waals surface area contributed by atoms with Crippen LogP contribution >= 0.6 is 0 Å². The Bertz CT molecular complexity index is 145. The molecule has 0 rings (SSSR count). The molecule has 0 bridgehead atoms. The van der Waals surface area contributed by atoms with Gasteiger partial charge in [0.1, 0.15) is 6.04 Å². The summed E-state index contributed by atoms with van der Waals surface area (Å²) in [5.74, 6) is -2.20. The van der Waals surface area contributed by atoms with E-state index in [1.54, 1.807) is 0 Å². The molecule has 0 saturated carbocycles. The lowest BCUT2D eigenvalue weighted by molar-refractivity contribution is -0.139. The maximum atomic E-state index is 9.99. The molecule has 0 aliphatic carbocycles. The lowest BCUT2D eigenvalue weighted by Gasteiger charge is -2.01. The highest BCUT2D eigenvalue weighted by Gasteiger charge is 2.12. The minimum absolute atomic E-state index is 0.0231. The van der Waals surface area contributed by atoms with E-state index >= 15 is 0 Å². The fourth-order valence-electron chi connectivity index (χ4n) is 0.402. The van der Waals surface area contributed by atoms with Crippen molar-refractivity contribution in [3.05, 3.63) is 0 Å². The first-order chi connectivity index (χ1) is 4.54. The summed E-state index contributed by atoms with van der Waals surface area (Å²) >= 11 is 0. The van der Waals surface area contributed by atoms with E-state index in [0.29, 0.717) is 0 Å². The molecule has 0 amide bonds. The van der Waals surface area contributed by atoms with Gasteiger partial charge in [0.05, 0.1) is 0 Å². The van der Waals surface area contributed by atoms with Crippen LogP contribution in [0.3, 0.4) is 0 Å². The summed E-state index contributed by atoms with van der Waals surface area (Å²) in [6, 6.07) is -1.06. The number of carbonyl (C=O) groups is 2. The van der Waals surface area contributed by atoms with Crippen molar-refractivity contribution in [3.8, 4) is 0 Å². The van der Waals surface area contributed by atoms with Crippen molar-refractivity contribution in [2.75, 3.05) is 0 Å². The van der Waals surface area contributed by atoms with Crippen molar-refractivity contribution in [2.24, 2.45) is 5.73 Å². The Morgan fingerprint density at radius 2 is 2.20 bits per heavy atom. The quantitative estimate of drug-likeness (QED) is 0.488. The normalized spacial score (nSPS) is 12.5. The molecule has 10 heavy (non-hydrogen) atoms. The summed E-state index contributed by atoms with van der Waals surface area (Å²) in [4.78, 5) is 19.9. The first-order valence-electron chi connectivity index (χ1n) is 2.74. The number of carboxylic acids is 2. The first kappa shape index (κ1) is 8.90. The van der Waals surface area contributed by atoms with Crippen molar-refractivity contribution in [1.29, 1.82) is 0 Å². The third kappa shape index (κ3) is 3.85. The standard InChI is InChI=1S/C5H9NO4/c6-3(5(9)10)1-2-4(7)8/h3H,1-2,6H2,(H,7,8)(H,9,10)/i5+2. The summed E-state index contributed by atoms with van der Waals surface area (Å²) in [5, 5.41) is 16.3. The van der Waals surface area contributed by atoms with Gasteiger partial charge in [0, 0.05) is 6.42 Å². The van der Waals surface area contributed by atoms with E-state index in [9.17, 15) is 9.59 Å². The fraction of sp³-hybridized carbons (Fsp3) is 0.600. The number of hydrogen-bond donors (Lipinski definition) is 3. The van der Waals surface area contributed by atoms with Gasteiger partial charge in [0.2, 0.25) is 0 Å². The van der Waals surface area contributed by atoms with Gasteiger partial charge in [-0.05, 0) is 6.42 Å². The maximum absolute atomic E-state index is 9.99. The van der Waals surface area contributed by atoms with Crippen LogP contribution in [0.4, 0.5) is 0 Å². The maximum Gasteiger partial charge on any atom is 0.320 e. The van der Waals surface area contributed by atoms with Crippen LogP contribution in [0.1, 0.15) is 12.8 Å². The summed E-state index contributed by atoms with van der Waals surface area (Å²) in [6.07, 6.45) is -0.224. The zero-order chi connectivity index (χ0) is 8.15. The predicted molar refractivity (Wildman–Crippen MR) is 32.5 cm³/mol. The van der Waals surface area contributed by atoms with E-state index in [-0.39, 0.29) is 12.8 Å². The topological polar surface area (TPSA) is 101 Å². The summed E-state index contributed by atoms with van der Waals surface area (Å²) in [6.45, 7) is 0. The van der Waals surface area contributed by atoms with Crippen molar-refractivity contribution in [3.63, 3.8) is 0 Å². The first-order valence-corrected chi connectivity index (χ1v) is 2.74. The molecule has 0 heterocycles. The minimum atomic E-state index is -1.17. The molecule has 0 radical (unpaired) electrons. The molecule has 0 saturated heterocycles. The molecule has 0 fully saturated rings. The van der Waals surface area contributed by atoms with Crippen molar-refractivity contribution in [2.45, 2.75) is 18.9 Å². The van der Waals surface area contributed by atoms with Gasteiger partial charge in [0.15, 0.2) is 0 Å². The molecule has 0 aliphatic rings. The van der Waals surface area contributed by atoms with Crippen LogP contribution in [0.2, 0.25) is 0 Å². The Labute approximate surface area is 57.5 Å². The number of carboxylic acid groups (broad SMARTS) is 2. The smallest absolute Gasteiger partial charge is 0.320 e. The van der Waals surface area contributed by atoms with Crippen LogP contribution in [0.25, 0.3) is 0 Å². The molecule has 0 aliphatic heterocycles. The second-order valence-electron chi connectivity index (χ2n) is 1.88. The third-order valence-corrected chi connectivity index (χ3v) is 0.986. The van der Waals surface area contributed by atoms with Crippen molar-refractivity contribution in [1.82, 2.24) is 0 Å². The zero-order valence-corrected chi connectivity index (χ0v) is 5.28. The van der Waals surface area contributed by atoms with E-state index in [4.69, 9.17) is 15.9 Å². The fourth-order valence-corrected chi connectivity index (χ4v) is 0.402. The Morgan fingerprint density at radius 1 is 1.70 bits per heavy atom. The minimum Gasteiger partial charge on any atom is -0.481 e. The predicted octanol–water partition coefficient (Wildman–Crippen LogP) is -0.737. The van der Waals surface area contributed by atoms with Gasteiger partial charge >= 0.3 is 11.9 Å². The summed E-state index contributed by atoms with van der Waals surface area (Å²) in [5.41, 5.74) is 5.00. The second kappa shape index (κ2) is 3.84. The molecule has 58 valence electrons. The molecular weight excluding hydrogens is 140 g/mol. The van der Waals surface area contributed by atoms with Crippen LogP contribution in [0, 0.1) is 0 Å². The SMILES string of the molecule is NC(CCC(=O)O)[14C](=O)O. The molecule has 5 heteroatoms. The number of hydrogen-bond acceptors (Lipinski definition) is 3. The van der Waals surface area contributed by atoms with Gasteiger partial charge in [-0.1, -0.05) is 0 Å². The average molecular weight is 149 g/mol. The van der Waals surface area contributed by atoms with Crippen LogP contribution in [0.5, 0.6) is 0 Å². The molecule has 0 spiro atoms. The van der Waals surface area contributed by atoms with Gasteiger partial charge in [-0.3, -0.25) is 9.59 Å². The van der Waals surface area contributed by atoms with E-state index < -0.39 is 18.0 Å². The van der Waals surface area contributed by atoms with Crippen LogP contribution in [0.15, 0.2) is 0 Å². The molecular formula is C5H9NO4. The van der Waals surface area contributed by atoms with Gasteiger partial charge in [-0.15, -0.1) is 0 Å². The van der Waals surface area contributed by atoms with Crippen LogP contribution in [-0.2, 0) is 9.59 Å². The number of rotatable bonds is 4. The molecule has 1 unspecified atom stereocenters. The Balaban J connectivity index is 3.49. The average Bonchev–Trinajstić information content (AvgIpc) is 1.82. The Kier molecular flexibility index (Phi) is 3.42. The Hall–Kier alpha value is -1.10. The van der Waals surface area contributed by atoms with Gasteiger partial charge in [-0.2, -0.15) is 0 Å². The highest BCUT2D eigenvalue weighted by molar-refractivity contribution is 5.74. The monoisotopic (exact) mass is 149 g/mol. The van der Waals surface area contributed by atoms with E-state index in [0.717, 1.165) is 0 Å². The summed E-state index contributed by atoms with van der Waals surface area (Å²) in [7, 11) is 0. The van der Waals surface area contributed by atoms with Crippen LogP contribution in [-0.4, -0.2) is 28.2 Å². The van der Waals surface area contributed by atoms with Crippen molar-refractivity contribution >= 4 is 11.9 Å². The highest BCUT2D eigenvalue weighted by Crippen LogP contribution is 1.93. The third-order valence-electron chi connectivity index (χ3n) is 0.986. The molecule has 4 N–H and O–H groups in total. The van der Waals surface area contributed by atoms with Gasteiger partial charge in [-0.25, -0.2) is 0 Å². The van der Waals surface area contributed by atoms with Crippen molar-refractivity contribution < 1.29 is 19.8 Å². The number of aliphatic carboxylic acids is 2. The van der Waals surface area contributed by atoms with Gasteiger partial charge in [0.25, 0.3) is 0 Å². The van der Waals surface area contributed by atoms with Gasteiger partial charge < -0.3 is 15.9 Å². The molecule has 0 aromatic carbocycles. The summed E-state index contributed by atoms with van der Waals surface area (Å²) < 4.78 is 0. The molecule has 0 aromatic rings. The van der Waals surface area contributed by atoms with E-state index in [1.807, 2.05) is 0 Å². The lowest BCUT2D eigenvalue weighted by Crippen LogP contribution is -2.30. The molecule has 5 nitrogen and oxygen atoms in total. The number of nitrogens with two attached hydrogens (primary N) is 1. The highest BCUT2D eigenvalue weighted by atomic mass is 16.6. The zero-order valence-electron chi connectivity index (χ0n) is 5.28. The molecule has 1 atom stereocenters. The van der Waals surface area contributed by atoms with Crippen LogP contribution < -0.4 is 5.73 Å². The lowest BCUT2D eigenvalue weighted by atomic mass is 10.3. The van der Waals surface area contributed by atoms with E-state index in [2.05, 4.69) is 0 Å².